The Morgan fingerprint density at radius 2 is 1.64 bits per heavy atom. The number of rotatable bonds is 6. The van der Waals surface area contributed by atoms with Gasteiger partial charge in [-0.05, 0) is 24.1 Å². The Kier molecular flexibility index (Phi) is 6.54. The fourth-order valence-corrected chi connectivity index (χ4v) is 3.71. The van der Waals surface area contributed by atoms with Crippen LogP contribution in [0.4, 0.5) is 0 Å². The van der Waals surface area contributed by atoms with E-state index in [-0.39, 0.29) is 22.5 Å². The van der Waals surface area contributed by atoms with Gasteiger partial charge < -0.3 is 44.5 Å². The maximum atomic E-state index is 12.5. The lowest BCUT2D eigenvalue weighted by molar-refractivity contribution is -0.277. The predicted octanol–water partition coefficient (Wildman–Crippen LogP) is 0.168. The van der Waals surface area contributed by atoms with E-state index >= 15 is 0 Å². The van der Waals surface area contributed by atoms with Crippen molar-refractivity contribution in [3.8, 4) is 17.2 Å². The zero-order valence-corrected chi connectivity index (χ0v) is 17.4. The van der Waals surface area contributed by atoms with Crippen LogP contribution >= 0.6 is 0 Å². The zero-order valence-electron chi connectivity index (χ0n) is 17.4. The lowest BCUT2D eigenvalue weighted by Gasteiger charge is -2.39. The summed E-state index contributed by atoms with van der Waals surface area (Å²) in [6, 6.07) is 10.4. The molecule has 0 spiro atoms. The van der Waals surface area contributed by atoms with Crippen molar-refractivity contribution in [2.75, 3.05) is 6.61 Å². The number of fused-ring (bicyclic) bond motifs is 1. The maximum absolute atomic E-state index is 12.5. The molecule has 0 saturated carbocycles. The second-order valence-electron chi connectivity index (χ2n) is 7.87. The van der Waals surface area contributed by atoms with E-state index in [1.165, 1.54) is 12.1 Å². The molecule has 0 bridgehead atoms. The highest BCUT2D eigenvalue weighted by molar-refractivity contribution is 5.84. The van der Waals surface area contributed by atoms with Gasteiger partial charge in [-0.2, -0.15) is 0 Å². The van der Waals surface area contributed by atoms with E-state index in [0.717, 1.165) is 11.6 Å². The molecular formula is C23H24O10. The summed E-state index contributed by atoms with van der Waals surface area (Å²) >= 11 is 0. The number of phenols is 2. The van der Waals surface area contributed by atoms with E-state index in [0.29, 0.717) is 18.6 Å². The van der Waals surface area contributed by atoms with E-state index in [1.807, 2.05) is 0 Å². The fraction of sp³-hybridized carbons (Fsp3) is 0.348. The van der Waals surface area contributed by atoms with Crippen molar-refractivity contribution in [2.24, 2.45) is 0 Å². The minimum Gasteiger partial charge on any atom is -0.508 e. The highest BCUT2D eigenvalue weighted by Gasteiger charge is 2.44. The van der Waals surface area contributed by atoms with E-state index < -0.39 is 48.5 Å². The molecule has 1 saturated heterocycles. The van der Waals surface area contributed by atoms with Gasteiger partial charge in [0.2, 0.25) is 6.29 Å². The van der Waals surface area contributed by atoms with Gasteiger partial charge in [0.15, 0.2) is 5.43 Å². The maximum Gasteiger partial charge on any atom is 0.229 e. The summed E-state index contributed by atoms with van der Waals surface area (Å²) in [6.07, 6.45) is -6.49. The minimum atomic E-state index is -1.63. The molecule has 1 unspecified atom stereocenters. The second-order valence-corrected chi connectivity index (χ2v) is 7.87. The molecule has 4 rings (SSSR count). The number of ether oxygens (including phenoxy) is 2. The van der Waals surface area contributed by atoms with Crippen LogP contribution in [0.2, 0.25) is 0 Å². The van der Waals surface area contributed by atoms with Gasteiger partial charge in [0, 0.05) is 24.6 Å². The number of aromatic hydroxyl groups is 2. The molecule has 1 aromatic heterocycles. The van der Waals surface area contributed by atoms with E-state index in [2.05, 4.69) is 0 Å². The van der Waals surface area contributed by atoms with Crippen LogP contribution in [0, 0.1) is 0 Å². The first-order valence-corrected chi connectivity index (χ1v) is 10.3. The first kappa shape index (κ1) is 23.0. The number of benzene rings is 2. The predicted molar refractivity (Wildman–Crippen MR) is 114 cm³/mol. The van der Waals surface area contributed by atoms with Gasteiger partial charge in [-0.3, -0.25) is 4.79 Å². The third-order valence-electron chi connectivity index (χ3n) is 5.53. The number of aliphatic hydroxyl groups is 4. The highest BCUT2D eigenvalue weighted by Crippen LogP contribution is 2.31. The second kappa shape index (κ2) is 9.38. The number of aryl methyl sites for hydroxylation is 2. The molecule has 6 N–H and O–H groups in total. The Morgan fingerprint density at radius 3 is 2.33 bits per heavy atom. The summed E-state index contributed by atoms with van der Waals surface area (Å²) in [7, 11) is 0. The average molecular weight is 460 g/mol. The van der Waals surface area contributed by atoms with Crippen LogP contribution in [-0.2, 0) is 17.6 Å². The summed E-state index contributed by atoms with van der Waals surface area (Å²) in [5.74, 6) is 0.0810. The van der Waals surface area contributed by atoms with E-state index in [1.54, 1.807) is 24.3 Å². The van der Waals surface area contributed by atoms with Crippen LogP contribution in [0.15, 0.2) is 51.7 Å². The van der Waals surface area contributed by atoms with Crippen LogP contribution in [0.5, 0.6) is 17.2 Å². The number of hydrogen-bond donors (Lipinski definition) is 6. The molecular weight excluding hydrogens is 436 g/mol. The summed E-state index contributed by atoms with van der Waals surface area (Å²) in [5.41, 5.74) is 0.523. The topological polar surface area (TPSA) is 170 Å². The molecule has 1 fully saturated rings. The van der Waals surface area contributed by atoms with E-state index in [4.69, 9.17) is 13.9 Å². The molecule has 10 heteroatoms. The Labute approximate surface area is 187 Å². The van der Waals surface area contributed by atoms with Gasteiger partial charge in [0.05, 0.1) is 6.61 Å². The molecule has 0 amide bonds. The first-order valence-electron chi connectivity index (χ1n) is 10.3. The molecule has 33 heavy (non-hydrogen) atoms. The summed E-state index contributed by atoms with van der Waals surface area (Å²) in [5, 5.41) is 58.9. The van der Waals surface area contributed by atoms with Crippen molar-refractivity contribution in [1.82, 2.24) is 0 Å². The first-order chi connectivity index (χ1) is 15.8. The minimum absolute atomic E-state index is 0.0248. The van der Waals surface area contributed by atoms with Crippen molar-refractivity contribution in [2.45, 2.75) is 43.5 Å². The van der Waals surface area contributed by atoms with Gasteiger partial charge in [-0.15, -0.1) is 0 Å². The summed E-state index contributed by atoms with van der Waals surface area (Å²) in [4.78, 5) is 12.5. The Bertz CT molecular complexity index is 1170. The largest absolute Gasteiger partial charge is 0.508 e. The van der Waals surface area contributed by atoms with Crippen LogP contribution in [0.25, 0.3) is 11.0 Å². The van der Waals surface area contributed by atoms with Crippen LogP contribution in [0.3, 0.4) is 0 Å². The zero-order chi connectivity index (χ0) is 23.7. The van der Waals surface area contributed by atoms with Crippen LogP contribution in [0.1, 0.15) is 11.3 Å². The third kappa shape index (κ3) is 4.80. The smallest absolute Gasteiger partial charge is 0.229 e. The van der Waals surface area contributed by atoms with Gasteiger partial charge in [0.25, 0.3) is 0 Å². The molecule has 1 aliphatic heterocycles. The van der Waals surface area contributed by atoms with Crippen molar-refractivity contribution in [3.63, 3.8) is 0 Å². The van der Waals surface area contributed by atoms with Gasteiger partial charge >= 0.3 is 0 Å². The van der Waals surface area contributed by atoms with Crippen molar-refractivity contribution < 1.29 is 44.5 Å². The molecule has 2 heterocycles. The number of hydrogen-bond acceptors (Lipinski definition) is 10. The standard InChI is InChI=1S/C23H24O10/c24-10-18-20(28)21(29)22(30)23(33-18)32-14-8-16(27)19-15(26)7-13(31-17(19)9-14)6-3-11-1-4-12(25)5-2-11/h1-2,4-5,7-9,18,20-25,27-30H,3,6,10H2/t18-,20-,21+,22-,23?/m1/s1. The van der Waals surface area contributed by atoms with Crippen molar-refractivity contribution in [1.29, 1.82) is 0 Å². The Hall–Kier alpha value is -3.15. The Morgan fingerprint density at radius 1 is 0.909 bits per heavy atom. The van der Waals surface area contributed by atoms with Crippen LogP contribution in [-0.4, -0.2) is 68.0 Å². The average Bonchev–Trinajstić information content (AvgIpc) is 2.78. The van der Waals surface area contributed by atoms with Gasteiger partial charge in [0.1, 0.15) is 58.4 Å². The van der Waals surface area contributed by atoms with Crippen LogP contribution < -0.4 is 10.2 Å². The normalized spacial score (nSPS) is 25.3. The quantitative estimate of drug-likeness (QED) is 0.298. The van der Waals surface area contributed by atoms with Crippen molar-refractivity contribution >= 4 is 11.0 Å². The number of phenolic OH excluding ortho intramolecular Hbond substituents is 2. The SMILES string of the molecule is O=c1cc(CCc2ccc(O)cc2)oc2cc(OC3O[C@H](CO)[C@@H](O)[C@H](O)[C@H]3O)cc(O)c12. The molecule has 2 aromatic carbocycles. The highest BCUT2D eigenvalue weighted by atomic mass is 16.7. The third-order valence-corrected chi connectivity index (χ3v) is 5.53. The molecule has 3 aromatic rings. The molecule has 0 aliphatic carbocycles. The van der Waals surface area contributed by atoms with E-state index in [9.17, 15) is 35.4 Å². The molecule has 1 aliphatic rings. The lowest BCUT2D eigenvalue weighted by atomic mass is 9.99. The van der Waals surface area contributed by atoms with Gasteiger partial charge in [-0.25, -0.2) is 0 Å². The van der Waals surface area contributed by atoms with Gasteiger partial charge in [-0.1, -0.05) is 12.1 Å². The fourth-order valence-electron chi connectivity index (χ4n) is 3.71. The summed E-state index contributed by atoms with van der Waals surface area (Å²) in [6.45, 7) is -0.618. The molecule has 5 atom stereocenters. The molecule has 176 valence electrons. The lowest BCUT2D eigenvalue weighted by Crippen LogP contribution is -2.60. The number of aliphatic hydroxyl groups excluding tert-OH is 4. The summed E-state index contributed by atoms with van der Waals surface area (Å²) < 4.78 is 16.6. The monoisotopic (exact) mass is 460 g/mol. The molecule has 10 nitrogen and oxygen atoms in total. The molecule has 0 radical (unpaired) electrons. The van der Waals surface area contributed by atoms with Crippen molar-refractivity contribution in [3.05, 3.63) is 64.0 Å². The Balaban J connectivity index is 1.58.